The van der Waals surface area contributed by atoms with Crippen molar-refractivity contribution in [2.75, 3.05) is 20.6 Å². The Kier molecular flexibility index (Phi) is 6.04. The molecule has 0 saturated heterocycles. The van der Waals surface area contributed by atoms with Crippen LogP contribution in [-0.4, -0.2) is 37.5 Å². The predicted octanol–water partition coefficient (Wildman–Crippen LogP) is 1.75. The number of rotatable bonds is 6. The van der Waals surface area contributed by atoms with Crippen molar-refractivity contribution in [3.05, 3.63) is 35.9 Å². The molecule has 1 amide bonds. The van der Waals surface area contributed by atoms with E-state index in [1.165, 1.54) is 0 Å². The number of nitriles is 1. The van der Waals surface area contributed by atoms with Crippen LogP contribution in [0.25, 0.3) is 0 Å². The highest BCUT2D eigenvalue weighted by Gasteiger charge is 2.21. The van der Waals surface area contributed by atoms with Crippen molar-refractivity contribution in [3.8, 4) is 6.07 Å². The fraction of sp³-hybridized carbons (Fsp3) is 0.467. The molecule has 0 aliphatic rings. The third-order valence-electron chi connectivity index (χ3n) is 2.92. The molecule has 4 nitrogen and oxygen atoms in total. The monoisotopic (exact) mass is 259 g/mol. The van der Waals surface area contributed by atoms with Gasteiger partial charge >= 0.3 is 0 Å². The molecule has 0 spiro atoms. The van der Waals surface area contributed by atoms with Gasteiger partial charge in [0, 0.05) is 6.04 Å². The van der Waals surface area contributed by atoms with Crippen LogP contribution in [-0.2, 0) is 4.79 Å². The Balaban J connectivity index is 2.59. The zero-order valence-corrected chi connectivity index (χ0v) is 11.8. The van der Waals surface area contributed by atoms with Crippen molar-refractivity contribution in [1.82, 2.24) is 10.2 Å². The average Bonchev–Trinajstić information content (AvgIpc) is 2.38. The van der Waals surface area contributed by atoms with Gasteiger partial charge < -0.3 is 10.2 Å². The Labute approximate surface area is 115 Å². The Morgan fingerprint density at radius 3 is 2.53 bits per heavy atom. The van der Waals surface area contributed by atoms with Gasteiger partial charge in [0.05, 0.1) is 6.07 Å². The second-order valence-corrected chi connectivity index (χ2v) is 4.97. The van der Waals surface area contributed by atoms with Crippen molar-refractivity contribution < 1.29 is 4.79 Å². The molecule has 1 aromatic carbocycles. The summed E-state index contributed by atoms with van der Waals surface area (Å²) in [6.07, 6.45) is 0.867. The molecule has 0 radical (unpaired) electrons. The lowest BCUT2D eigenvalue weighted by atomic mass is 9.99. The van der Waals surface area contributed by atoms with Gasteiger partial charge in [0.1, 0.15) is 5.92 Å². The standard InChI is InChI=1S/C15H21N3O/c1-12(9-10-18(2)3)17-15(19)14(11-16)13-7-5-4-6-8-13/h4-8,12,14H,9-10H2,1-3H3,(H,17,19). The Hall–Kier alpha value is -1.86. The number of amides is 1. The summed E-state index contributed by atoms with van der Waals surface area (Å²) in [4.78, 5) is 14.2. The molecular formula is C15H21N3O. The first-order chi connectivity index (χ1) is 9.04. The fourth-order valence-corrected chi connectivity index (χ4v) is 1.78. The number of carbonyl (C=O) groups is 1. The summed E-state index contributed by atoms with van der Waals surface area (Å²) in [7, 11) is 3.99. The molecular weight excluding hydrogens is 238 g/mol. The Morgan fingerprint density at radius 2 is 2.00 bits per heavy atom. The summed E-state index contributed by atoms with van der Waals surface area (Å²) >= 11 is 0. The molecule has 1 N–H and O–H groups in total. The third-order valence-corrected chi connectivity index (χ3v) is 2.92. The van der Waals surface area contributed by atoms with E-state index < -0.39 is 5.92 Å². The van der Waals surface area contributed by atoms with E-state index in [2.05, 4.69) is 16.3 Å². The van der Waals surface area contributed by atoms with Crippen molar-refractivity contribution in [2.45, 2.75) is 25.3 Å². The zero-order valence-electron chi connectivity index (χ0n) is 11.8. The normalized spacial score (nSPS) is 13.6. The molecule has 2 unspecified atom stereocenters. The van der Waals surface area contributed by atoms with Gasteiger partial charge in [-0.25, -0.2) is 0 Å². The van der Waals surface area contributed by atoms with Crippen LogP contribution in [0.3, 0.4) is 0 Å². The van der Waals surface area contributed by atoms with Gasteiger partial charge in [0.2, 0.25) is 5.91 Å². The summed E-state index contributed by atoms with van der Waals surface area (Å²) in [6, 6.07) is 11.3. The number of hydrogen-bond acceptors (Lipinski definition) is 3. The van der Waals surface area contributed by atoms with Gasteiger partial charge in [0.15, 0.2) is 0 Å². The summed E-state index contributed by atoms with van der Waals surface area (Å²) in [5, 5.41) is 12.1. The van der Waals surface area contributed by atoms with Gasteiger partial charge in [-0.1, -0.05) is 30.3 Å². The number of hydrogen-bond donors (Lipinski definition) is 1. The minimum Gasteiger partial charge on any atom is -0.352 e. The van der Waals surface area contributed by atoms with Crippen LogP contribution in [0.15, 0.2) is 30.3 Å². The van der Waals surface area contributed by atoms with Crippen LogP contribution >= 0.6 is 0 Å². The predicted molar refractivity (Wildman–Crippen MR) is 75.6 cm³/mol. The lowest BCUT2D eigenvalue weighted by Crippen LogP contribution is -2.37. The quantitative estimate of drug-likeness (QED) is 0.846. The van der Waals surface area contributed by atoms with Gasteiger partial charge in [-0.05, 0) is 39.5 Å². The number of nitrogens with zero attached hydrogens (tertiary/aromatic N) is 2. The molecule has 0 aromatic heterocycles. The maximum Gasteiger partial charge on any atom is 0.242 e. The molecule has 0 heterocycles. The van der Waals surface area contributed by atoms with E-state index in [-0.39, 0.29) is 11.9 Å². The van der Waals surface area contributed by atoms with E-state index in [4.69, 9.17) is 5.26 Å². The van der Waals surface area contributed by atoms with E-state index in [1.54, 1.807) is 12.1 Å². The van der Waals surface area contributed by atoms with E-state index in [0.29, 0.717) is 0 Å². The molecule has 1 rings (SSSR count). The topological polar surface area (TPSA) is 56.1 Å². The van der Waals surface area contributed by atoms with Gasteiger partial charge in [-0.2, -0.15) is 5.26 Å². The SMILES string of the molecule is CC(CCN(C)C)NC(=O)C(C#N)c1ccccc1. The average molecular weight is 259 g/mol. The molecule has 0 saturated carbocycles. The molecule has 0 aliphatic heterocycles. The van der Waals surface area contributed by atoms with Crippen molar-refractivity contribution in [3.63, 3.8) is 0 Å². The van der Waals surface area contributed by atoms with Crippen LogP contribution < -0.4 is 5.32 Å². The van der Waals surface area contributed by atoms with Crippen molar-refractivity contribution in [1.29, 1.82) is 5.26 Å². The van der Waals surface area contributed by atoms with Crippen molar-refractivity contribution >= 4 is 5.91 Å². The summed E-state index contributed by atoms with van der Waals surface area (Å²) in [6.45, 7) is 2.87. The molecule has 0 aliphatic carbocycles. The molecule has 0 fully saturated rings. The van der Waals surface area contributed by atoms with Crippen LogP contribution in [0.1, 0.15) is 24.8 Å². The molecule has 19 heavy (non-hydrogen) atoms. The van der Waals surface area contributed by atoms with Gasteiger partial charge in [0.25, 0.3) is 0 Å². The molecule has 4 heteroatoms. The largest absolute Gasteiger partial charge is 0.352 e. The molecule has 102 valence electrons. The highest BCUT2D eigenvalue weighted by Crippen LogP contribution is 2.14. The third kappa shape index (κ3) is 5.11. The van der Waals surface area contributed by atoms with E-state index in [0.717, 1.165) is 18.5 Å². The maximum atomic E-state index is 12.1. The lowest BCUT2D eigenvalue weighted by Gasteiger charge is -2.18. The van der Waals surface area contributed by atoms with Crippen LogP contribution in [0.4, 0.5) is 0 Å². The van der Waals surface area contributed by atoms with Crippen LogP contribution in [0, 0.1) is 11.3 Å². The minimum atomic E-state index is -0.733. The summed E-state index contributed by atoms with van der Waals surface area (Å²) in [5.74, 6) is -0.956. The van der Waals surface area contributed by atoms with Gasteiger partial charge in [-0.3, -0.25) is 4.79 Å². The smallest absolute Gasteiger partial charge is 0.242 e. The molecule has 0 bridgehead atoms. The Morgan fingerprint density at radius 1 is 1.37 bits per heavy atom. The molecule has 1 aromatic rings. The fourth-order valence-electron chi connectivity index (χ4n) is 1.78. The van der Waals surface area contributed by atoms with E-state index >= 15 is 0 Å². The maximum absolute atomic E-state index is 12.1. The lowest BCUT2D eigenvalue weighted by molar-refractivity contribution is -0.122. The zero-order chi connectivity index (χ0) is 14.3. The first-order valence-corrected chi connectivity index (χ1v) is 6.44. The second-order valence-electron chi connectivity index (χ2n) is 4.97. The minimum absolute atomic E-state index is 0.0643. The van der Waals surface area contributed by atoms with Crippen molar-refractivity contribution in [2.24, 2.45) is 0 Å². The highest BCUT2D eigenvalue weighted by molar-refractivity contribution is 5.86. The summed E-state index contributed by atoms with van der Waals surface area (Å²) in [5.41, 5.74) is 0.738. The first-order valence-electron chi connectivity index (χ1n) is 6.44. The molecule has 2 atom stereocenters. The second kappa shape index (κ2) is 7.55. The van der Waals surface area contributed by atoms with Crippen LogP contribution in [0.2, 0.25) is 0 Å². The first kappa shape index (κ1) is 15.2. The Bertz CT molecular complexity index is 436. The number of carbonyl (C=O) groups excluding carboxylic acids is 1. The summed E-state index contributed by atoms with van der Waals surface area (Å²) < 4.78 is 0. The van der Waals surface area contributed by atoms with E-state index in [9.17, 15) is 4.79 Å². The van der Waals surface area contributed by atoms with Gasteiger partial charge in [-0.15, -0.1) is 0 Å². The van der Waals surface area contributed by atoms with E-state index in [1.807, 2.05) is 39.2 Å². The number of benzene rings is 1. The highest BCUT2D eigenvalue weighted by atomic mass is 16.1. The van der Waals surface area contributed by atoms with Crippen LogP contribution in [0.5, 0.6) is 0 Å². The number of nitrogens with one attached hydrogen (secondary N) is 1.